The van der Waals surface area contributed by atoms with E-state index in [-0.39, 0.29) is 11.8 Å². The second-order valence-corrected chi connectivity index (χ2v) is 7.15. The SMILES string of the molecule is O=C(NC1=NCCCN1)c1ccc(Nc2cccc(C(=O)N3CCOCC3)c2)cc1. The quantitative estimate of drug-likeness (QED) is 0.721. The van der Waals surface area contributed by atoms with E-state index in [1.54, 1.807) is 12.1 Å². The summed E-state index contributed by atoms with van der Waals surface area (Å²) in [6.07, 6.45) is 0.971. The van der Waals surface area contributed by atoms with Crippen LogP contribution in [0.5, 0.6) is 0 Å². The van der Waals surface area contributed by atoms with Crippen molar-refractivity contribution < 1.29 is 14.3 Å². The summed E-state index contributed by atoms with van der Waals surface area (Å²) in [5, 5.41) is 9.14. The van der Waals surface area contributed by atoms with E-state index in [0.29, 0.717) is 43.4 Å². The molecule has 8 heteroatoms. The molecule has 0 unspecified atom stereocenters. The maximum absolute atomic E-state index is 12.7. The number of morpholine rings is 1. The molecule has 2 aromatic rings. The van der Waals surface area contributed by atoms with Crippen molar-refractivity contribution in [3.63, 3.8) is 0 Å². The molecule has 0 aliphatic carbocycles. The molecule has 2 amide bonds. The van der Waals surface area contributed by atoms with E-state index in [4.69, 9.17) is 4.74 Å². The molecule has 0 saturated carbocycles. The number of benzene rings is 2. The van der Waals surface area contributed by atoms with Crippen molar-refractivity contribution >= 4 is 29.1 Å². The monoisotopic (exact) mass is 407 g/mol. The molecular formula is C22H25N5O3. The van der Waals surface area contributed by atoms with Crippen molar-refractivity contribution in [2.45, 2.75) is 6.42 Å². The summed E-state index contributed by atoms with van der Waals surface area (Å²) in [4.78, 5) is 31.1. The zero-order chi connectivity index (χ0) is 20.8. The first-order valence-electron chi connectivity index (χ1n) is 10.1. The minimum absolute atomic E-state index is 0.00760. The first-order chi connectivity index (χ1) is 14.7. The van der Waals surface area contributed by atoms with Gasteiger partial charge in [0, 0.05) is 48.7 Å². The normalized spacial score (nSPS) is 16.3. The molecular weight excluding hydrogens is 382 g/mol. The van der Waals surface area contributed by atoms with Crippen LogP contribution in [0.25, 0.3) is 0 Å². The van der Waals surface area contributed by atoms with Crippen LogP contribution < -0.4 is 16.0 Å². The number of ether oxygens (including phenoxy) is 1. The summed E-state index contributed by atoms with van der Waals surface area (Å²) >= 11 is 0. The summed E-state index contributed by atoms with van der Waals surface area (Å²) in [5.41, 5.74) is 2.83. The molecule has 0 spiro atoms. The Morgan fingerprint density at radius 3 is 2.53 bits per heavy atom. The number of hydrogen-bond acceptors (Lipinski definition) is 6. The van der Waals surface area contributed by atoms with Crippen molar-refractivity contribution in [3.05, 3.63) is 59.7 Å². The molecule has 1 saturated heterocycles. The molecule has 2 aromatic carbocycles. The van der Waals surface area contributed by atoms with Crippen LogP contribution in [-0.2, 0) is 4.74 Å². The van der Waals surface area contributed by atoms with Crippen LogP contribution in [0.15, 0.2) is 53.5 Å². The summed E-state index contributed by atoms with van der Waals surface area (Å²) < 4.78 is 5.31. The lowest BCUT2D eigenvalue weighted by Crippen LogP contribution is -2.43. The molecule has 30 heavy (non-hydrogen) atoms. The van der Waals surface area contributed by atoms with Gasteiger partial charge in [0.05, 0.1) is 13.2 Å². The average Bonchev–Trinajstić information content (AvgIpc) is 2.80. The number of carbonyl (C=O) groups is 2. The van der Waals surface area contributed by atoms with Gasteiger partial charge in [-0.2, -0.15) is 0 Å². The number of nitrogens with zero attached hydrogens (tertiary/aromatic N) is 2. The minimum Gasteiger partial charge on any atom is -0.378 e. The summed E-state index contributed by atoms with van der Waals surface area (Å²) in [7, 11) is 0. The second-order valence-electron chi connectivity index (χ2n) is 7.15. The Balaban J connectivity index is 1.39. The molecule has 2 heterocycles. The van der Waals surface area contributed by atoms with Crippen molar-refractivity contribution in [2.75, 3.05) is 44.7 Å². The highest BCUT2D eigenvalue weighted by atomic mass is 16.5. The molecule has 0 bridgehead atoms. The second kappa shape index (κ2) is 9.41. The van der Waals surface area contributed by atoms with Gasteiger partial charge in [-0.3, -0.25) is 19.9 Å². The summed E-state index contributed by atoms with van der Waals surface area (Å²) in [5.74, 6) is 0.330. The number of amides is 2. The third-order valence-electron chi connectivity index (χ3n) is 4.97. The first-order valence-corrected chi connectivity index (χ1v) is 10.1. The topological polar surface area (TPSA) is 95.1 Å². The minimum atomic E-state index is -0.201. The lowest BCUT2D eigenvalue weighted by molar-refractivity contribution is 0.0303. The van der Waals surface area contributed by atoms with E-state index in [0.717, 1.165) is 30.9 Å². The fraction of sp³-hybridized carbons (Fsp3) is 0.318. The van der Waals surface area contributed by atoms with Crippen molar-refractivity contribution in [2.24, 2.45) is 4.99 Å². The van der Waals surface area contributed by atoms with E-state index in [1.165, 1.54) is 0 Å². The van der Waals surface area contributed by atoms with E-state index < -0.39 is 0 Å². The van der Waals surface area contributed by atoms with Crippen molar-refractivity contribution in [3.8, 4) is 0 Å². The number of nitrogens with one attached hydrogen (secondary N) is 3. The van der Waals surface area contributed by atoms with Gasteiger partial charge in [0.1, 0.15) is 0 Å². The third kappa shape index (κ3) is 4.96. The van der Waals surface area contributed by atoms with Gasteiger partial charge in [0.25, 0.3) is 11.8 Å². The van der Waals surface area contributed by atoms with Crippen LogP contribution in [0.1, 0.15) is 27.1 Å². The predicted molar refractivity (Wildman–Crippen MR) is 115 cm³/mol. The molecule has 4 rings (SSSR count). The predicted octanol–water partition coefficient (Wildman–Crippen LogP) is 1.98. The number of rotatable bonds is 4. The van der Waals surface area contributed by atoms with Gasteiger partial charge < -0.3 is 20.3 Å². The van der Waals surface area contributed by atoms with Gasteiger partial charge in [-0.15, -0.1) is 0 Å². The van der Waals surface area contributed by atoms with Crippen LogP contribution in [0.2, 0.25) is 0 Å². The Morgan fingerprint density at radius 1 is 1.00 bits per heavy atom. The fourth-order valence-corrected chi connectivity index (χ4v) is 3.35. The van der Waals surface area contributed by atoms with E-state index in [9.17, 15) is 9.59 Å². The highest BCUT2D eigenvalue weighted by Crippen LogP contribution is 2.19. The Kier molecular flexibility index (Phi) is 6.24. The highest BCUT2D eigenvalue weighted by Gasteiger charge is 2.18. The number of guanidine groups is 1. The van der Waals surface area contributed by atoms with Crippen LogP contribution in [-0.4, -0.2) is 62.1 Å². The lowest BCUT2D eigenvalue weighted by Gasteiger charge is -2.27. The number of hydrogen-bond donors (Lipinski definition) is 3. The molecule has 0 radical (unpaired) electrons. The molecule has 8 nitrogen and oxygen atoms in total. The van der Waals surface area contributed by atoms with Crippen molar-refractivity contribution in [1.82, 2.24) is 15.5 Å². The number of anilines is 2. The van der Waals surface area contributed by atoms with Crippen molar-refractivity contribution in [1.29, 1.82) is 0 Å². The average molecular weight is 407 g/mol. The molecule has 2 aliphatic heterocycles. The van der Waals surface area contributed by atoms with Gasteiger partial charge >= 0.3 is 0 Å². The molecule has 3 N–H and O–H groups in total. The first kappa shape index (κ1) is 19.9. The highest BCUT2D eigenvalue weighted by molar-refractivity contribution is 6.06. The largest absolute Gasteiger partial charge is 0.378 e. The van der Waals surface area contributed by atoms with Gasteiger partial charge in [0.15, 0.2) is 5.96 Å². The maximum atomic E-state index is 12.7. The van der Waals surface area contributed by atoms with Gasteiger partial charge in [-0.25, -0.2) is 0 Å². The third-order valence-corrected chi connectivity index (χ3v) is 4.97. The van der Waals surface area contributed by atoms with Gasteiger partial charge in [-0.1, -0.05) is 6.07 Å². The smallest absolute Gasteiger partial charge is 0.257 e. The molecule has 0 aromatic heterocycles. The zero-order valence-electron chi connectivity index (χ0n) is 16.7. The Hall–Kier alpha value is -3.39. The lowest BCUT2D eigenvalue weighted by atomic mass is 10.1. The van der Waals surface area contributed by atoms with Gasteiger partial charge in [-0.05, 0) is 48.9 Å². The Morgan fingerprint density at radius 2 is 1.80 bits per heavy atom. The Bertz CT molecular complexity index is 936. The van der Waals surface area contributed by atoms with Crippen LogP contribution >= 0.6 is 0 Å². The molecule has 1 fully saturated rings. The van der Waals surface area contributed by atoms with Gasteiger partial charge in [0.2, 0.25) is 0 Å². The summed E-state index contributed by atoms with van der Waals surface area (Å²) in [6, 6.07) is 14.6. The van der Waals surface area contributed by atoms with E-state index >= 15 is 0 Å². The molecule has 2 aliphatic rings. The number of aliphatic imine (C=N–C) groups is 1. The zero-order valence-corrected chi connectivity index (χ0v) is 16.7. The fourth-order valence-electron chi connectivity index (χ4n) is 3.35. The Labute approximate surface area is 175 Å². The molecule has 0 atom stereocenters. The number of carbonyl (C=O) groups excluding carboxylic acids is 2. The van der Waals surface area contributed by atoms with Crippen LogP contribution in [0.3, 0.4) is 0 Å². The molecule has 156 valence electrons. The standard InChI is InChI=1S/C22H25N5O3/c28-20(26-22-23-9-2-10-24-22)16-5-7-18(8-6-16)25-19-4-1-3-17(15-19)21(29)27-11-13-30-14-12-27/h1,3-8,15,25H,2,9-14H2,(H2,23,24,26,28). The maximum Gasteiger partial charge on any atom is 0.257 e. The van der Waals surface area contributed by atoms with Crippen LogP contribution in [0.4, 0.5) is 11.4 Å². The van der Waals surface area contributed by atoms with E-state index in [1.807, 2.05) is 41.3 Å². The van der Waals surface area contributed by atoms with Crippen LogP contribution in [0, 0.1) is 0 Å². The summed E-state index contributed by atoms with van der Waals surface area (Å²) in [6.45, 7) is 3.91. The van der Waals surface area contributed by atoms with E-state index in [2.05, 4.69) is 20.9 Å².